The van der Waals surface area contributed by atoms with E-state index in [2.05, 4.69) is 20.6 Å². The molecule has 7 nitrogen and oxygen atoms in total. The standard InChI is InChI=1S/C14H21N5O2/c1-11(2)14-17-13(21-18-14)6-8-15-12(20)5-3-9-19-10-4-7-16-19/h4,7,10-11H,3,5-6,8-9H2,1-2H3,(H,15,20). The highest BCUT2D eigenvalue weighted by molar-refractivity contribution is 5.75. The van der Waals surface area contributed by atoms with Crippen LogP contribution in [-0.4, -0.2) is 32.4 Å². The smallest absolute Gasteiger partial charge is 0.228 e. The molecule has 0 aliphatic rings. The molecular weight excluding hydrogens is 270 g/mol. The summed E-state index contributed by atoms with van der Waals surface area (Å²) in [7, 11) is 0. The molecule has 1 N–H and O–H groups in total. The Morgan fingerprint density at radius 3 is 3.00 bits per heavy atom. The van der Waals surface area contributed by atoms with E-state index in [9.17, 15) is 4.79 Å². The van der Waals surface area contributed by atoms with Gasteiger partial charge in [-0.3, -0.25) is 9.48 Å². The van der Waals surface area contributed by atoms with Gasteiger partial charge in [0.25, 0.3) is 0 Å². The maximum atomic E-state index is 11.7. The summed E-state index contributed by atoms with van der Waals surface area (Å²) in [5.41, 5.74) is 0. The van der Waals surface area contributed by atoms with Crippen LogP contribution in [0.2, 0.25) is 0 Å². The molecule has 0 radical (unpaired) electrons. The number of hydrogen-bond acceptors (Lipinski definition) is 5. The molecule has 7 heteroatoms. The van der Waals surface area contributed by atoms with Gasteiger partial charge in [0.1, 0.15) is 0 Å². The maximum Gasteiger partial charge on any atom is 0.228 e. The van der Waals surface area contributed by atoms with Crippen LogP contribution in [0.3, 0.4) is 0 Å². The van der Waals surface area contributed by atoms with Crippen molar-refractivity contribution >= 4 is 5.91 Å². The fourth-order valence-electron chi connectivity index (χ4n) is 1.84. The largest absolute Gasteiger partial charge is 0.356 e. The van der Waals surface area contributed by atoms with E-state index in [1.165, 1.54) is 0 Å². The van der Waals surface area contributed by atoms with Gasteiger partial charge in [-0.2, -0.15) is 10.1 Å². The number of aryl methyl sites for hydroxylation is 1. The normalized spacial score (nSPS) is 11.0. The Morgan fingerprint density at radius 2 is 2.33 bits per heavy atom. The monoisotopic (exact) mass is 291 g/mol. The van der Waals surface area contributed by atoms with E-state index in [1.54, 1.807) is 6.20 Å². The topological polar surface area (TPSA) is 85.8 Å². The number of amides is 1. The van der Waals surface area contributed by atoms with Gasteiger partial charge < -0.3 is 9.84 Å². The van der Waals surface area contributed by atoms with E-state index < -0.39 is 0 Å². The van der Waals surface area contributed by atoms with E-state index in [0.29, 0.717) is 31.1 Å². The number of carbonyl (C=O) groups excluding carboxylic acids is 1. The van der Waals surface area contributed by atoms with Gasteiger partial charge in [0.2, 0.25) is 11.8 Å². The summed E-state index contributed by atoms with van der Waals surface area (Å²) < 4.78 is 6.93. The van der Waals surface area contributed by atoms with Crippen molar-refractivity contribution in [3.8, 4) is 0 Å². The summed E-state index contributed by atoms with van der Waals surface area (Å²) in [6, 6.07) is 1.87. The van der Waals surface area contributed by atoms with Crippen LogP contribution in [0.25, 0.3) is 0 Å². The Kier molecular flexibility index (Phi) is 5.48. The molecule has 2 aromatic heterocycles. The van der Waals surface area contributed by atoms with E-state index in [-0.39, 0.29) is 11.8 Å². The maximum absolute atomic E-state index is 11.7. The minimum absolute atomic E-state index is 0.0331. The number of nitrogens with one attached hydrogen (secondary N) is 1. The van der Waals surface area contributed by atoms with Gasteiger partial charge >= 0.3 is 0 Å². The molecule has 0 spiro atoms. The van der Waals surface area contributed by atoms with Crippen molar-refractivity contribution in [2.45, 2.75) is 45.6 Å². The van der Waals surface area contributed by atoms with E-state index in [1.807, 2.05) is 30.8 Å². The second kappa shape index (κ2) is 7.56. The molecule has 0 aliphatic heterocycles. The first-order valence-corrected chi connectivity index (χ1v) is 7.21. The van der Waals surface area contributed by atoms with Crippen LogP contribution in [0.15, 0.2) is 23.0 Å². The Labute approximate surface area is 123 Å². The van der Waals surface area contributed by atoms with Crippen LogP contribution < -0.4 is 5.32 Å². The van der Waals surface area contributed by atoms with Crippen molar-refractivity contribution in [1.82, 2.24) is 25.2 Å². The highest BCUT2D eigenvalue weighted by atomic mass is 16.5. The molecule has 0 saturated carbocycles. The molecule has 0 unspecified atom stereocenters. The van der Waals surface area contributed by atoms with Crippen molar-refractivity contribution in [3.63, 3.8) is 0 Å². The third-order valence-electron chi connectivity index (χ3n) is 3.01. The molecule has 0 aromatic carbocycles. The molecule has 0 saturated heterocycles. The summed E-state index contributed by atoms with van der Waals surface area (Å²) in [5.74, 6) is 1.55. The lowest BCUT2D eigenvalue weighted by atomic mass is 10.2. The number of nitrogens with zero attached hydrogens (tertiary/aromatic N) is 4. The Bertz CT molecular complexity index is 547. The van der Waals surface area contributed by atoms with E-state index in [0.717, 1.165) is 13.0 Å². The van der Waals surface area contributed by atoms with Crippen LogP contribution in [0.5, 0.6) is 0 Å². The number of rotatable bonds is 8. The third-order valence-corrected chi connectivity index (χ3v) is 3.01. The first kappa shape index (κ1) is 15.2. The number of hydrogen-bond donors (Lipinski definition) is 1. The summed E-state index contributed by atoms with van der Waals surface area (Å²) in [6.07, 6.45) is 5.44. The number of aromatic nitrogens is 4. The lowest BCUT2D eigenvalue weighted by Crippen LogP contribution is -2.25. The molecular formula is C14H21N5O2. The molecule has 0 fully saturated rings. The van der Waals surface area contributed by atoms with Gasteiger partial charge in [0, 0.05) is 44.2 Å². The van der Waals surface area contributed by atoms with E-state index >= 15 is 0 Å². The molecule has 2 aromatic rings. The van der Waals surface area contributed by atoms with E-state index in [4.69, 9.17) is 4.52 Å². The van der Waals surface area contributed by atoms with Gasteiger partial charge in [-0.15, -0.1) is 0 Å². The van der Waals surface area contributed by atoms with Crippen LogP contribution in [-0.2, 0) is 17.8 Å². The molecule has 2 rings (SSSR count). The lowest BCUT2D eigenvalue weighted by Gasteiger charge is -2.03. The van der Waals surface area contributed by atoms with Crippen molar-refractivity contribution < 1.29 is 9.32 Å². The average Bonchev–Trinajstić information content (AvgIpc) is 3.09. The summed E-state index contributed by atoms with van der Waals surface area (Å²) in [4.78, 5) is 15.9. The molecule has 1 amide bonds. The second-order valence-corrected chi connectivity index (χ2v) is 5.17. The Morgan fingerprint density at radius 1 is 1.48 bits per heavy atom. The quantitative estimate of drug-likeness (QED) is 0.797. The predicted molar refractivity (Wildman–Crippen MR) is 76.6 cm³/mol. The SMILES string of the molecule is CC(C)c1noc(CCNC(=O)CCCn2cccn2)n1. The minimum Gasteiger partial charge on any atom is -0.356 e. The van der Waals surface area contributed by atoms with Gasteiger partial charge in [0.15, 0.2) is 5.82 Å². The van der Waals surface area contributed by atoms with Crippen molar-refractivity contribution in [2.24, 2.45) is 0 Å². The Hall–Kier alpha value is -2.18. The Balaban J connectivity index is 1.60. The highest BCUT2D eigenvalue weighted by Gasteiger charge is 2.09. The molecule has 0 bridgehead atoms. The fraction of sp³-hybridized carbons (Fsp3) is 0.571. The van der Waals surface area contributed by atoms with Crippen molar-refractivity contribution in [1.29, 1.82) is 0 Å². The third kappa shape index (κ3) is 5.02. The van der Waals surface area contributed by atoms with Crippen LogP contribution >= 0.6 is 0 Å². The first-order chi connectivity index (χ1) is 10.1. The van der Waals surface area contributed by atoms with Gasteiger partial charge in [-0.05, 0) is 12.5 Å². The fourth-order valence-corrected chi connectivity index (χ4v) is 1.84. The summed E-state index contributed by atoms with van der Waals surface area (Å²) in [5, 5.41) is 10.8. The molecule has 114 valence electrons. The number of carbonyl (C=O) groups is 1. The minimum atomic E-state index is 0.0331. The molecule has 0 atom stereocenters. The van der Waals surface area contributed by atoms with Crippen molar-refractivity contribution in [2.75, 3.05) is 6.54 Å². The van der Waals surface area contributed by atoms with Crippen LogP contribution in [0, 0.1) is 0 Å². The first-order valence-electron chi connectivity index (χ1n) is 7.21. The zero-order valence-electron chi connectivity index (χ0n) is 12.5. The second-order valence-electron chi connectivity index (χ2n) is 5.17. The average molecular weight is 291 g/mol. The van der Waals surface area contributed by atoms with Gasteiger partial charge in [-0.1, -0.05) is 19.0 Å². The zero-order chi connectivity index (χ0) is 15.1. The highest BCUT2D eigenvalue weighted by Crippen LogP contribution is 2.09. The zero-order valence-corrected chi connectivity index (χ0v) is 12.5. The molecule has 0 aliphatic carbocycles. The molecule has 2 heterocycles. The van der Waals surface area contributed by atoms with Gasteiger partial charge in [-0.25, -0.2) is 0 Å². The summed E-state index contributed by atoms with van der Waals surface area (Å²) >= 11 is 0. The van der Waals surface area contributed by atoms with Crippen molar-refractivity contribution in [3.05, 3.63) is 30.2 Å². The lowest BCUT2D eigenvalue weighted by molar-refractivity contribution is -0.121. The van der Waals surface area contributed by atoms with Crippen LogP contribution in [0.4, 0.5) is 0 Å². The van der Waals surface area contributed by atoms with Crippen LogP contribution in [0.1, 0.15) is 44.3 Å². The molecule has 21 heavy (non-hydrogen) atoms. The predicted octanol–water partition coefficient (Wildman–Crippen LogP) is 1.53. The van der Waals surface area contributed by atoms with Gasteiger partial charge in [0.05, 0.1) is 0 Å². The summed E-state index contributed by atoms with van der Waals surface area (Å²) in [6.45, 7) is 5.29.